The molecule has 4 heteroatoms. The van der Waals surface area contributed by atoms with Crippen molar-refractivity contribution >= 4 is 5.91 Å². The van der Waals surface area contributed by atoms with E-state index >= 15 is 0 Å². The first kappa shape index (κ1) is 12.9. The summed E-state index contributed by atoms with van der Waals surface area (Å²) in [4.78, 5) is 11.6. The Morgan fingerprint density at radius 3 is 2.72 bits per heavy atom. The first-order chi connectivity index (χ1) is 8.70. The van der Waals surface area contributed by atoms with Gasteiger partial charge in [-0.05, 0) is 50.3 Å². The molecule has 0 heterocycles. The zero-order valence-corrected chi connectivity index (χ0v) is 10.7. The van der Waals surface area contributed by atoms with E-state index in [2.05, 4.69) is 5.43 Å². The summed E-state index contributed by atoms with van der Waals surface area (Å²) in [6.07, 6.45) is 6.25. The summed E-state index contributed by atoms with van der Waals surface area (Å²) in [6.45, 7) is 1.88. The molecule has 18 heavy (non-hydrogen) atoms. The van der Waals surface area contributed by atoms with Gasteiger partial charge in [0.15, 0.2) is 0 Å². The van der Waals surface area contributed by atoms with Gasteiger partial charge in [0.25, 0.3) is 5.91 Å². The van der Waals surface area contributed by atoms with Crippen LogP contribution in [0.25, 0.3) is 0 Å². The minimum absolute atomic E-state index is 0.276. The van der Waals surface area contributed by atoms with E-state index in [1.54, 1.807) is 6.07 Å². The van der Waals surface area contributed by atoms with Crippen LogP contribution in [0.15, 0.2) is 18.2 Å². The summed E-state index contributed by atoms with van der Waals surface area (Å²) in [7, 11) is 0. The predicted molar refractivity (Wildman–Crippen MR) is 70.3 cm³/mol. The Labute approximate surface area is 107 Å². The number of ether oxygens (including phenoxy) is 1. The van der Waals surface area contributed by atoms with Crippen molar-refractivity contribution in [3.63, 3.8) is 0 Å². The molecule has 1 amide bonds. The SMILES string of the molecule is Cc1ccc(OC2CCCCC2)cc1C(=O)NN. The van der Waals surface area contributed by atoms with Crippen molar-refractivity contribution in [3.05, 3.63) is 29.3 Å². The average Bonchev–Trinajstić information content (AvgIpc) is 2.41. The molecule has 0 aromatic heterocycles. The fourth-order valence-corrected chi connectivity index (χ4v) is 2.37. The number of hydrogen-bond acceptors (Lipinski definition) is 3. The Kier molecular flexibility index (Phi) is 4.20. The molecule has 2 rings (SSSR count). The number of aryl methyl sites for hydroxylation is 1. The first-order valence-corrected chi connectivity index (χ1v) is 6.49. The topological polar surface area (TPSA) is 64.3 Å². The number of nitrogens with one attached hydrogen (secondary N) is 1. The van der Waals surface area contributed by atoms with E-state index in [0.717, 1.165) is 24.2 Å². The first-order valence-electron chi connectivity index (χ1n) is 6.49. The van der Waals surface area contributed by atoms with E-state index in [-0.39, 0.29) is 12.0 Å². The lowest BCUT2D eigenvalue weighted by molar-refractivity contribution is 0.0951. The number of nitrogen functional groups attached to an aromatic ring is 1. The molecule has 0 bridgehead atoms. The lowest BCUT2D eigenvalue weighted by atomic mass is 9.97. The zero-order chi connectivity index (χ0) is 13.0. The quantitative estimate of drug-likeness (QED) is 0.490. The summed E-state index contributed by atoms with van der Waals surface area (Å²) in [5.41, 5.74) is 3.63. The Hall–Kier alpha value is -1.55. The van der Waals surface area contributed by atoms with Crippen LogP contribution in [-0.4, -0.2) is 12.0 Å². The minimum Gasteiger partial charge on any atom is -0.490 e. The second kappa shape index (κ2) is 5.87. The van der Waals surface area contributed by atoms with E-state index in [0.29, 0.717) is 5.56 Å². The molecule has 0 atom stereocenters. The van der Waals surface area contributed by atoms with Crippen molar-refractivity contribution < 1.29 is 9.53 Å². The van der Waals surface area contributed by atoms with Gasteiger partial charge in [-0.3, -0.25) is 10.2 Å². The van der Waals surface area contributed by atoms with Gasteiger partial charge in [-0.2, -0.15) is 0 Å². The summed E-state index contributed by atoms with van der Waals surface area (Å²) >= 11 is 0. The highest BCUT2D eigenvalue weighted by molar-refractivity contribution is 5.95. The third kappa shape index (κ3) is 3.01. The molecule has 0 saturated heterocycles. The monoisotopic (exact) mass is 248 g/mol. The van der Waals surface area contributed by atoms with Crippen molar-refractivity contribution in [2.45, 2.75) is 45.1 Å². The van der Waals surface area contributed by atoms with Gasteiger partial charge < -0.3 is 4.74 Å². The molecule has 1 aromatic carbocycles. The molecule has 1 saturated carbocycles. The number of benzene rings is 1. The third-order valence-electron chi connectivity index (χ3n) is 3.44. The Morgan fingerprint density at radius 1 is 1.33 bits per heavy atom. The molecule has 3 N–H and O–H groups in total. The van der Waals surface area contributed by atoms with Crippen molar-refractivity contribution in [3.8, 4) is 5.75 Å². The van der Waals surface area contributed by atoms with E-state index in [9.17, 15) is 4.79 Å². The summed E-state index contributed by atoms with van der Waals surface area (Å²) in [5.74, 6) is 5.65. The second-order valence-corrected chi connectivity index (χ2v) is 4.83. The standard InChI is InChI=1S/C14H20N2O2/c1-10-7-8-12(9-13(10)14(17)16-15)18-11-5-3-2-4-6-11/h7-9,11H,2-6,15H2,1H3,(H,16,17). The predicted octanol–water partition coefficient (Wildman–Crippen LogP) is 2.31. The maximum Gasteiger partial charge on any atom is 0.265 e. The number of carbonyl (C=O) groups excluding carboxylic acids is 1. The smallest absolute Gasteiger partial charge is 0.265 e. The van der Waals surface area contributed by atoms with Crippen molar-refractivity contribution in [2.24, 2.45) is 5.84 Å². The zero-order valence-electron chi connectivity index (χ0n) is 10.7. The third-order valence-corrected chi connectivity index (χ3v) is 3.44. The van der Waals surface area contributed by atoms with Gasteiger partial charge in [-0.1, -0.05) is 12.5 Å². The van der Waals surface area contributed by atoms with Crippen LogP contribution in [0, 0.1) is 6.92 Å². The van der Waals surface area contributed by atoms with Gasteiger partial charge in [0.2, 0.25) is 0 Å². The van der Waals surface area contributed by atoms with E-state index in [4.69, 9.17) is 10.6 Å². The van der Waals surface area contributed by atoms with Gasteiger partial charge in [-0.15, -0.1) is 0 Å². The van der Waals surface area contributed by atoms with Crippen LogP contribution in [-0.2, 0) is 0 Å². The second-order valence-electron chi connectivity index (χ2n) is 4.83. The van der Waals surface area contributed by atoms with Gasteiger partial charge in [0.1, 0.15) is 5.75 Å². The van der Waals surface area contributed by atoms with Gasteiger partial charge in [-0.25, -0.2) is 5.84 Å². The Morgan fingerprint density at radius 2 is 2.06 bits per heavy atom. The average molecular weight is 248 g/mol. The maximum absolute atomic E-state index is 11.6. The molecule has 1 aliphatic rings. The number of rotatable bonds is 3. The highest BCUT2D eigenvalue weighted by atomic mass is 16.5. The molecule has 0 radical (unpaired) electrons. The van der Waals surface area contributed by atoms with Crippen molar-refractivity contribution in [2.75, 3.05) is 0 Å². The van der Waals surface area contributed by atoms with Gasteiger partial charge >= 0.3 is 0 Å². The fourth-order valence-electron chi connectivity index (χ4n) is 2.37. The normalized spacial score (nSPS) is 16.3. The summed E-state index contributed by atoms with van der Waals surface area (Å²) in [6, 6.07) is 5.58. The lowest BCUT2D eigenvalue weighted by Gasteiger charge is -2.23. The number of carbonyl (C=O) groups is 1. The molecule has 0 spiro atoms. The Balaban J connectivity index is 2.11. The number of amides is 1. The molecule has 4 nitrogen and oxygen atoms in total. The van der Waals surface area contributed by atoms with Crippen LogP contribution >= 0.6 is 0 Å². The highest BCUT2D eigenvalue weighted by Crippen LogP contribution is 2.25. The molecular formula is C14H20N2O2. The molecule has 0 aliphatic heterocycles. The van der Waals surface area contributed by atoms with Crippen LogP contribution in [0.5, 0.6) is 5.75 Å². The summed E-state index contributed by atoms with van der Waals surface area (Å²) in [5, 5.41) is 0. The molecule has 98 valence electrons. The van der Waals surface area contributed by atoms with Crippen LogP contribution in [0.4, 0.5) is 0 Å². The largest absolute Gasteiger partial charge is 0.490 e. The molecule has 0 unspecified atom stereocenters. The van der Waals surface area contributed by atoms with Crippen LogP contribution in [0.3, 0.4) is 0 Å². The van der Waals surface area contributed by atoms with E-state index in [1.807, 2.05) is 19.1 Å². The van der Waals surface area contributed by atoms with E-state index < -0.39 is 0 Å². The van der Waals surface area contributed by atoms with Crippen LogP contribution in [0.1, 0.15) is 48.0 Å². The summed E-state index contributed by atoms with van der Waals surface area (Å²) < 4.78 is 5.92. The van der Waals surface area contributed by atoms with Gasteiger partial charge in [0, 0.05) is 5.56 Å². The minimum atomic E-state index is -0.276. The van der Waals surface area contributed by atoms with Crippen molar-refractivity contribution in [1.82, 2.24) is 5.43 Å². The van der Waals surface area contributed by atoms with E-state index in [1.165, 1.54) is 19.3 Å². The van der Waals surface area contributed by atoms with Crippen LogP contribution < -0.4 is 16.0 Å². The molecule has 1 aliphatic carbocycles. The molecule has 1 fully saturated rings. The lowest BCUT2D eigenvalue weighted by Crippen LogP contribution is -2.30. The Bertz CT molecular complexity index is 426. The number of hydrogen-bond donors (Lipinski definition) is 2. The van der Waals surface area contributed by atoms with Crippen molar-refractivity contribution in [1.29, 1.82) is 0 Å². The fraction of sp³-hybridized carbons (Fsp3) is 0.500. The highest BCUT2D eigenvalue weighted by Gasteiger charge is 2.16. The molecular weight excluding hydrogens is 228 g/mol. The molecule has 1 aromatic rings. The maximum atomic E-state index is 11.6. The number of hydrazine groups is 1. The number of nitrogens with two attached hydrogens (primary N) is 1. The van der Waals surface area contributed by atoms with Gasteiger partial charge in [0.05, 0.1) is 6.10 Å². The van der Waals surface area contributed by atoms with Crippen LogP contribution in [0.2, 0.25) is 0 Å².